The number of aromatic amines is 1. The molecule has 1 atom stereocenters. The fourth-order valence-electron chi connectivity index (χ4n) is 3.25. The molecule has 1 aliphatic rings. The number of cyclic esters (lactones) is 1. The van der Waals surface area contributed by atoms with Gasteiger partial charge in [-0.05, 0) is 18.2 Å². The van der Waals surface area contributed by atoms with E-state index in [1.165, 1.54) is 14.2 Å². The monoisotopic (exact) mass is 367 g/mol. The molecule has 4 rings (SSSR count). The molecule has 0 unspecified atom stereocenters. The van der Waals surface area contributed by atoms with E-state index in [0.29, 0.717) is 40.3 Å². The van der Waals surface area contributed by atoms with Gasteiger partial charge in [0.1, 0.15) is 5.56 Å². The van der Waals surface area contributed by atoms with E-state index in [4.69, 9.17) is 14.2 Å². The van der Waals surface area contributed by atoms with Gasteiger partial charge >= 0.3 is 5.97 Å². The van der Waals surface area contributed by atoms with Crippen molar-refractivity contribution in [1.29, 1.82) is 0 Å². The van der Waals surface area contributed by atoms with E-state index in [2.05, 4.69) is 15.5 Å². The number of esters is 1. The first-order valence-corrected chi connectivity index (χ1v) is 8.29. The van der Waals surface area contributed by atoms with Gasteiger partial charge in [-0.15, -0.1) is 0 Å². The Balaban J connectivity index is 1.65. The molecule has 27 heavy (non-hydrogen) atoms. The lowest BCUT2D eigenvalue weighted by Crippen LogP contribution is -2.23. The number of ether oxygens (including phenoxy) is 3. The molecule has 0 spiro atoms. The lowest BCUT2D eigenvalue weighted by molar-refractivity contribution is 0.0301. The SMILES string of the molecule is COc1ccc2c(c1OC)C(=O)O[C@H]2NCc1n[nH]c(=O)c2ccccc12. The number of hydrogen-bond donors (Lipinski definition) is 2. The Morgan fingerprint density at radius 1 is 1.11 bits per heavy atom. The van der Waals surface area contributed by atoms with Crippen LogP contribution in [-0.4, -0.2) is 30.4 Å². The van der Waals surface area contributed by atoms with Gasteiger partial charge in [0, 0.05) is 17.5 Å². The zero-order chi connectivity index (χ0) is 19.0. The van der Waals surface area contributed by atoms with Gasteiger partial charge in [0.25, 0.3) is 5.56 Å². The summed E-state index contributed by atoms with van der Waals surface area (Å²) in [6.45, 7) is 0.295. The number of nitrogens with zero attached hydrogens (tertiary/aromatic N) is 1. The molecule has 2 aromatic carbocycles. The van der Waals surface area contributed by atoms with Gasteiger partial charge in [0.2, 0.25) is 0 Å². The minimum Gasteiger partial charge on any atom is -0.493 e. The number of H-pyrrole nitrogens is 1. The maximum Gasteiger partial charge on any atom is 0.344 e. The minimum atomic E-state index is -0.653. The van der Waals surface area contributed by atoms with Crippen LogP contribution >= 0.6 is 0 Å². The van der Waals surface area contributed by atoms with Crippen LogP contribution in [0.2, 0.25) is 0 Å². The molecule has 3 aromatic rings. The summed E-state index contributed by atoms with van der Waals surface area (Å²) in [5, 5.41) is 11.1. The third-order valence-electron chi connectivity index (χ3n) is 4.52. The summed E-state index contributed by atoms with van der Waals surface area (Å²) in [5.41, 5.74) is 1.40. The van der Waals surface area contributed by atoms with Crippen LogP contribution in [0.1, 0.15) is 27.8 Å². The van der Waals surface area contributed by atoms with Crippen LogP contribution in [-0.2, 0) is 11.3 Å². The highest BCUT2D eigenvalue weighted by molar-refractivity contribution is 5.98. The summed E-state index contributed by atoms with van der Waals surface area (Å²) >= 11 is 0. The van der Waals surface area contributed by atoms with Crippen LogP contribution in [0.25, 0.3) is 10.8 Å². The number of nitrogens with one attached hydrogen (secondary N) is 2. The lowest BCUT2D eigenvalue weighted by Gasteiger charge is -2.14. The normalized spacial score (nSPS) is 15.5. The van der Waals surface area contributed by atoms with E-state index >= 15 is 0 Å². The number of hydrogen-bond acceptors (Lipinski definition) is 7. The Morgan fingerprint density at radius 2 is 1.89 bits per heavy atom. The second-order valence-corrected chi connectivity index (χ2v) is 5.98. The molecule has 8 heteroatoms. The molecule has 1 aromatic heterocycles. The average molecular weight is 367 g/mol. The highest BCUT2D eigenvalue weighted by atomic mass is 16.6. The maximum absolute atomic E-state index is 12.3. The van der Waals surface area contributed by atoms with E-state index in [-0.39, 0.29) is 5.56 Å². The number of aromatic nitrogens is 2. The first kappa shape index (κ1) is 17.0. The van der Waals surface area contributed by atoms with Gasteiger partial charge in [0.05, 0.1) is 25.3 Å². The van der Waals surface area contributed by atoms with E-state index < -0.39 is 12.2 Å². The molecule has 0 aliphatic carbocycles. The Kier molecular flexibility index (Phi) is 4.25. The molecule has 1 aliphatic heterocycles. The van der Waals surface area contributed by atoms with E-state index in [0.717, 1.165) is 5.39 Å². The lowest BCUT2D eigenvalue weighted by atomic mass is 10.1. The highest BCUT2D eigenvalue weighted by Gasteiger charge is 2.35. The largest absolute Gasteiger partial charge is 0.493 e. The molecule has 0 saturated carbocycles. The third-order valence-corrected chi connectivity index (χ3v) is 4.52. The van der Waals surface area contributed by atoms with Crippen molar-refractivity contribution in [3.05, 3.63) is 63.6 Å². The first-order chi connectivity index (χ1) is 13.1. The van der Waals surface area contributed by atoms with Gasteiger partial charge in [-0.2, -0.15) is 5.10 Å². The molecule has 0 radical (unpaired) electrons. The quantitative estimate of drug-likeness (QED) is 0.664. The van der Waals surface area contributed by atoms with Crippen LogP contribution in [0.5, 0.6) is 11.5 Å². The number of fused-ring (bicyclic) bond motifs is 2. The zero-order valence-corrected chi connectivity index (χ0v) is 14.7. The summed E-state index contributed by atoms with van der Waals surface area (Å²) in [5.74, 6) is 0.316. The molecule has 2 heterocycles. The summed E-state index contributed by atoms with van der Waals surface area (Å²) in [7, 11) is 2.98. The fraction of sp³-hybridized carbons (Fsp3) is 0.211. The van der Waals surface area contributed by atoms with Crippen LogP contribution in [0.15, 0.2) is 41.2 Å². The molecule has 0 saturated heterocycles. The number of carbonyl (C=O) groups excluding carboxylic acids is 1. The number of carbonyl (C=O) groups is 1. The maximum atomic E-state index is 12.3. The topological polar surface area (TPSA) is 103 Å². The molecular weight excluding hydrogens is 350 g/mol. The molecule has 0 bridgehead atoms. The van der Waals surface area contributed by atoms with Crippen LogP contribution in [0.4, 0.5) is 0 Å². The molecule has 8 nitrogen and oxygen atoms in total. The summed E-state index contributed by atoms with van der Waals surface area (Å²) in [6.07, 6.45) is -0.653. The van der Waals surface area contributed by atoms with Gasteiger partial charge in [0.15, 0.2) is 17.7 Å². The first-order valence-electron chi connectivity index (χ1n) is 8.29. The Labute approximate surface area is 154 Å². The van der Waals surface area contributed by atoms with E-state index in [1.807, 2.05) is 12.1 Å². The van der Waals surface area contributed by atoms with Crippen molar-refractivity contribution < 1.29 is 19.0 Å². The zero-order valence-electron chi connectivity index (χ0n) is 14.7. The number of methoxy groups -OCH3 is 2. The third kappa shape index (κ3) is 2.80. The van der Waals surface area contributed by atoms with Gasteiger partial charge in [-0.1, -0.05) is 18.2 Å². The summed E-state index contributed by atoms with van der Waals surface area (Å²) in [6, 6.07) is 10.7. The van der Waals surface area contributed by atoms with E-state index in [1.54, 1.807) is 24.3 Å². The summed E-state index contributed by atoms with van der Waals surface area (Å²) in [4.78, 5) is 24.2. The minimum absolute atomic E-state index is 0.246. The van der Waals surface area contributed by atoms with Crippen molar-refractivity contribution in [1.82, 2.24) is 15.5 Å². The molecule has 138 valence electrons. The van der Waals surface area contributed by atoms with Gasteiger partial charge < -0.3 is 14.2 Å². The van der Waals surface area contributed by atoms with Crippen molar-refractivity contribution in [2.24, 2.45) is 0 Å². The second kappa shape index (κ2) is 6.73. The molecular formula is C19H17N3O5. The number of rotatable bonds is 5. The predicted molar refractivity (Wildman–Crippen MR) is 96.9 cm³/mol. The Bertz CT molecular complexity index is 1090. The van der Waals surface area contributed by atoms with E-state index in [9.17, 15) is 9.59 Å². The van der Waals surface area contributed by atoms with Crippen molar-refractivity contribution in [2.45, 2.75) is 12.8 Å². The van der Waals surface area contributed by atoms with Crippen LogP contribution < -0.4 is 20.3 Å². The van der Waals surface area contributed by atoms with Gasteiger partial charge in [-0.25, -0.2) is 9.89 Å². The smallest absolute Gasteiger partial charge is 0.344 e. The van der Waals surface area contributed by atoms with Crippen molar-refractivity contribution in [3.8, 4) is 11.5 Å². The van der Waals surface area contributed by atoms with Crippen LogP contribution in [0, 0.1) is 0 Å². The predicted octanol–water partition coefficient (Wildman–Crippen LogP) is 1.90. The number of benzene rings is 2. The van der Waals surface area contributed by atoms with Gasteiger partial charge in [-0.3, -0.25) is 10.1 Å². The Hall–Kier alpha value is -3.39. The van der Waals surface area contributed by atoms with Crippen molar-refractivity contribution >= 4 is 16.7 Å². The van der Waals surface area contributed by atoms with Crippen LogP contribution in [0.3, 0.4) is 0 Å². The summed E-state index contributed by atoms with van der Waals surface area (Å²) < 4.78 is 16.0. The Morgan fingerprint density at radius 3 is 2.63 bits per heavy atom. The average Bonchev–Trinajstić information content (AvgIpc) is 3.03. The second-order valence-electron chi connectivity index (χ2n) is 5.98. The molecule has 2 N–H and O–H groups in total. The highest BCUT2D eigenvalue weighted by Crippen LogP contribution is 2.41. The van der Waals surface area contributed by atoms with Crippen molar-refractivity contribution in [3.63, 3.8) is 0 Å². The molecule has 0 fully saturated rings. The van der Waals surface area contributed by atoms with Crippen molar-refractivity contribution in [2.75, 3.05) is 14.2 Å². The standard InChI is InChI=1S/C19H17N3O5/c1-25-14-8-7-12-15(16(14)26-2)19(24)27-18(12)20-9-13-10-5-3-4-6-11(10)17(23)22-21-13/h3-8,18,20H,9H2,1-2H3,(H,22,23)/t18-/m1/s1. The fourth-order valence-corrected chi connectivity index (χ4v) is 3.25. The molecule has 0 amide bonds.